The third kappa shape index (κ3) is 3.53. The zero-order valence-electron chi connectivity index (χ0n) is 12.9. The van der Waals surface area contributed by atoms with E-state index in [1.165, 1.54) is 23.8 Å². The maximum atomic E-state index is 12.6. The highest BCUT2D eigenvalue weighted by molar-refractivity contribution is 9.10. The number of fused-ring (bicyclic) bond motifs is 1. The van der Waals surface area contributed by atoms with Gasteiger partial charge in [0.2, 0.25) is 10.0 Å². The molecular formula is C17H17BrN2O3S. The van der Waals surface area contributed by atoms with Crippen molar-refractivity contribution in [3.63, 3.8) is 0 Å². The Balaban J connectivity index is 1.94. The molecular weight excluding hydrogens is 392 g/mol. The van der Waals surface area contributed by atoms with Crippen molar-refractivity contribution in [1.82, 2.24) is 0 Å². The van der Waals surface area contributed by atoms with Crippen LogP contribution in [0.2, 0.25) is 0 Å². The van der Waals surface area contributed by atoms with Gasteiger partial charge in [-0.2, -0.15) is 0 Å². The molecule has 0 saturated carbocycles. The van der Waals surface area contributed by atoms with E-state index < -0.39 is 10.0 Å². The van der Waals surface area contributed by atoms with Gasteiger partial charge in [-0.05, 0) is 77.0 Å². The lowest BCUT2D eigenvalue weighted by Gasteiger charge is -2.19. The number of rotatable bonds is 3. The molecule has 0 spiro atoms. The molecule has 0 aliphatic heterocycles. The fourth-order valence-corrected chi connectivity index (χ4v) is 3.91. The van der Waals surface area contributed by atoms with Gasteiger partial charge in [0, 0.05) is 10.2 Å². The third-order valence-electron chi connectivity index (χ3n) is 4.16. The Labute approximate surface area is 149 Å². The van der Waals surface area contributed by atoms with Crippen molar-refractivity contribution in [2.24, 2.45) is 5.14 Å². The molecule has 2 aromatic carbocycles. The molecule has 0 atom stereocenters. The SMILES string of the molecule is NS(=O)(=O)c1ccc(Br)c(C(=O)Nc2cccc3c2CCCC3)c1. The molecule has 0 bridgehead atoms. The van der Waals surface area contributed by atoms with Crippen molar-refractivity contribution in [3.8, 4) is 0 Å². The quantitative estimate of drug-likeness (QED) is 0.816. The first-order valence-corrected chi connectivity index (χ1v) is 9.94. The summed E-state index contributed by atoms with van der Waals surface area (Å²) in [6, 6.07) is 10.0. The van der Waals surface area contributed by atoms with Crippen LogP contribution in [-0.2, 0) is 22.9 Å². The van der Waals surface area contributed by atoms with Gasteiger partial charge in [-0.3, -0.25) is 4.79 Å². The lowest BCUT2D eigenvalue weighted by molar-refractivity contribution is 0.102. The van der Waals surface area contributed by atoms with Crippen LogP contribution in [0.15, 0.2) is 45.8 Å². The highest BCUT2D eigenvalue weighted by atomic mass is 79.9. The molecule has 1 aliphatic rings. The second kappa shape index (κ2) is 6.66. The third-order valence-corrected chi connectivity index (χ3v) is 5.76. The molecule has 24 heavy (non-hydrogen) atoms. The van der Waals surface area contributed by atoms with Crippen LogP contribution in [0.5, 0.6) is 0 Å². The van der Waals surface area contributed by atoms with Gasteiger partial charge in [-0.15, -0.1) is 0 Å². The number of amides is 1. The molecule has 126 valence electrons. The van der Waals surface area contributed by atoms with E-state index in [2.05, 4.69) is 27.3 Å². The summed E-state index contributed by atoms with van der Waals surface area (Å²) < 4.78 is 23.5. The van der Waals surface area contributed by atoms with Crippen molar-refractivity contribution in [2.75, 3.05) is 5.32 Å². The predicted octanol–water partition coefficient (Wildman–Crippen LogP) is 3.23. The lowest BCUT2D eigenvalue weighted by atomic mass is 9.90. The number of aryl methyl sites for hydroxylation is 1. The van der Waals surface area contributed by atoms with Gasteiger partial charge in [0.15, 0.2) is 0 Å². The molecule has 3 N–H and O–H groups in total. The molecule has 0 saturated heterocycles. The molecule has 1 amide bonds. The van der Waals surface area contributed by atoms with Gasteiger partial charge in [-0.1, -0.05) is 12.1 Å². The standard InChI is InChI=1S/C17H17BrN2O3S/c18-15-9-8-12(24(19,22)23)10-14(15)17(21)20-16-7-3-5-11-4-1-2-6-13(11)16/h3,5,7-10H,1-2,4,6H2,(H,20,21)(H2,19,22,23). The average molecular weight is 409 g/mol. The number of sulfonamides is 1. The first kappa shape index (κ1) is 17.1. The van der Waals surface area contributed by atoms with Crippen LogP contribution in [0, 0.1) is 0 Å². The van der Waals surface area contributed by atoms with Crippen LogP contribution in [0.1, 0.15) is 34.3 Å². The van der Waals surface area contributed by atoms with Crippen molar-refractivity contribution in [3.05, 3.63) is 57.6 Å². The number of nitrogens with one attached hydrogen (secondary N) is 1. The van der Waals surface area contributed by atoms with E-state index in [-0.39, 0.29) is 16.4 Å². The number of hydrogen-bond donors (Lipinski definition) is 2. The van der Waals surface area contributed by atoms with Crippen molar-refractivity contribution < 1.29 is 13.2 Å². The summed E-state index contributed by atoms with van der Waals surface area (Å²) >= 11 is 3.29. The average Bonchev–Trinajstić information content (AvgIpc) is 2.54. The lowest BCUT2D eigenvalue weighted by Crippen LogP contribution is -2.18. The minimum absolute atomic E-state index is 0.0917. The fourth-order valence-electron chi connectivity index (χ4n) is 2.94. The normalized spacial score (nSPS) is 14.1. The van der Waals surface area contributed by atoms with Gasteiger partial charge >= 0.3 is 0 Å². The first-order valence-electron chi connectivity index (χ1n) is 7.61. The van der Waals surface area contributed by atoms with Gasteiger partial charge in [0.05, 0.1) is 10.5 Å². The first-order chi connectivity index (χ1) is 11.4. The second-order valence-corrected chi connectivity index (χ2v) is 8.21. The van der Waals surface area contributed by atoms with Crippen LogP contribution >= 0.6 is 15.9 Å². The fraction of sp³-hybridized carbons (Fsp3) is 0.235. The number of hydrogen-bond acceptors (Lipinski definition) is 3. The molecule has 7 heteroatoms. The van der Waals surface area contributed by atoms with Crippen LogP contribution in [-0.4, -0.2) is 14.3 Å². The highest BCUT2D eigenvalue weighted by Crippen LogP contribution is 2.29. The minimum atomic E-state index is -3.86. The van der Waals surface area contributed by atoms with Crippen molar-refractivity contribution in [2.45, 2.75) is 30.6 Å². The summed E-state index contributed by atoms with van der Waals surface area (Å²) in [5, 5.41) is 8.05. The van der Waals surface area contributed by atoms with Crippen molar-refractivity contribution >= 4 is 37.5 Å². The maximum Gasteiger partial charge on any atom is 0.256 e. The van der Waals surface area contributed by atoms with E-state index in [1.54, 1.807) is 0 Å². The maximum absolute atomic E-state index is 12.6. The van der Waals surface area contributed by atoms with Gasteiger partial charge in [0.1, 0.15) is 0 Å². The summed E-state index contributed by atoms with van der Waals surface area (Å²) in [6.45, 7) is 0. The molecule has 0 fully saturated rings. The minimum Gasteiger partial charge on any atom is -0.322 e. The van der Waals surface area contributed by atoms with E-state index >= 15 is 0 Å². The molecule has 0 aromatic heterocycles. The van der Waals surface area contributed by atoms with Gasteiger partial charge in [0.25, 0.3) is 5.91 Å². The van der Waals surface area contributed by atoms with E-state index in [0.717, 1.165) is 36.9 Å². The monoisotopic (exact) mass is 408 g/mol. The van der Waals surface area contributed by atoms with Gasteiger partial charge < -0.3 is 5.32 Å². The Hall–Kier alpha value is -1.70. The Bertz CT molecular complexity index is 910. The number of carbonyl (C=O) groups is 1. The molecule has 0 heterocycles. The number of primary sulfonamides is 1. The molecule has 3 rings (SSSR count). The topological polar surface area (TPSA) is 89.3 Å². The van der Waals surface area contributed by atoms with Crippen molar-refractivity contribution in [1.29, 1.82) is 0 Å². The number of carbonyl (C=O) groups excluding carboxylic acids is 1. The number of benzene rings is 2. The smallest absolute Gasteiger partial charge is 0.256 e. The zero-order valence-corrected chi connectivity index (χ0v) is 15.3. The zero-order chi connectivity index (χ0) is 17.3. The number of nitrogens with two attached hydrogens (primary N) is 1. The van der Waals surface area contributed by atoms with E-state index in [1.807, 2.05) is 12.1 Å². The summed E-state index contributed by atoms with van der Waals surface area (Å²) in [4.78, 5) is 12.5. The van der Waals surface area contributed by atoms with E-state index in [4.69, 9.17) is 5.14 Å². The molecule has 1 aliphatic carbocycles. The molecule has 2 aromatic rings. The molecule has 0 unspecified atom stereocenters. The largest absolute Gasteiger partial charge is 0.322 e. The summed E-state index contributed by atoms with van der Waals surface area (Å²) in [6.07, 6.45) is 4.21. The Morgan fingerprint density at radius 1 is 1.12 bits per heavy atom. The second-order valence-electron chi connectivity index (χ2n) is 5.79. The Morgan fingerprint density at radius 2 is 1.88 bits per heavy atom. The van der Waals surface area contributed by atoms with Crippen LogP contribution in [0.4, 0.5) is 5.69 Å². The number of anilines is 1. The van der Waals surface area contributed by atoms with E-state index in [0.29, 0.717) is 4.47 Å². The molecule has 5 nitrogen and oxygen atoms in total. The van der Waals surface area contributed by atoms with Crippen LogP contribution in [0.3, 0.4) is 0 Å². The molecule has 0 radical (unpaired) electrons. The Kier molecular flexibility index (Phi) is 4.76. The summed E-state index contributed by atoms with van der Waals surface area (Å²) in [7, 11) is -3.86. The van der Waals surface area contributed by atoms with Crippen LogP contribution in [0.25, 0.3) is 0 Å². The highest BCUT2D eigenvalue weighted by Gasteiger charge is 2.18. The van der Waals surface area contributed by atoms with E-state index in [9.17, 15) is 13.2 Å². The van der Waals surface area contributed by atoms with Crippen LogP contribution < -0.4 is 10.5 Å². The summed E-state index contributed by atoms with van der Waals surface area (Å²) in [5.74, 6) is -0.369. The Morgan fingerprint density at radius 3 is 2.62 bits per heavy atom. The predicted molar refractivity (Wildman–Crippen MR) is 96.6 cm³/mol. The van der Waals surface area contributed by atoms with Gasteiger partial charge in [-0.25, -0.2) is 13.6 Å². The number of halogens is 1. The summed E-state index contributed by atoms with van der Waals surface area (Å²) in [5.41, 5.74) is 3.44.